The number of ketones is 2. The minimum atomic E-state index is -0.936. The Morgan fingerprint density at radius 3 is 1.40 bits per heavy atom. The molecule has 0 radical (unpaired) electrons. The van der Waals surface area contributed by atoms with Gasteiger partial charge in [0.1, 0.15) is 0 Å². The van der Waals surface area contributed by atoms with E-state index in [9.17, 15) is 14.2 Å². The lowest BCUT2D eigenvalue weighted by molar-refractivity contribution is -0.139. The molecule has 0 aliphatic heterocycles. The molecule has 3 atom stereocenters. The maximum atomic E-state index is 14.6. The fraction of sp³-hybridized carbons (Fsp3) is 0.355. The standard InChI is InChI=1S/C31H35O3P/c1-5-30(3,24-18-12-8-13-19-24)28(32)27(26(22-35-34)23-16-10-7-11-17-23)29(33)31(4,6-2)25-20-14-9-15-21-25/h7-21,26-27H,5-6,22H2,1-4H3. The highest BCUT2D eigenvalue weighted by atomic mass is 31.1. The Labute approximate surface area is 211 Å². The number of hydrogen-bond acceptors (Lipinski definition) is 3. The second-order valence-corrected chi connectivity index (χ2v) is 10.3. The molecular weight excluding hydrogens is 451 g/mol. The summed E-state index contributed by atoms with van der Waals surface area (Å²) in [5, 5.41) is 0. The van der Waals surface area contributed by atoms with E-state index < -0.39 is 22.7 Å². The molecule has 0 fully saturated rings. The highest BCUT2D eigenvalue weighted by Gasteiger charge is 2.49. The molecule has 0 aromatic heterocycles. The van der Waals surface area contributed by atoms with Crippen LogP contribution in [0.2, 0.25) is 0 Å². The number of hydrogen-bond donors (Lipinski definition) is 0. The van der Waals surface area contributed by atoms with Crippen LogP contribution in [0.5, 0.6) is 0 Å². The lowest BCUT2D eigenvalue weighted by Gasteiger charge is -2.39. The minimum Gasteiger partial charge on any atom is -0.298 e. The summed E-state index contributed by atoms with van der Waals surface area (Å²) in [7, 11) is -0.0850. The summed E-state index contributed by atoms with van der Waals surface area (Å²) in [6.45, 7) is 7.86. The van der Waals surface area contributed by atoms with Crippen LogP contribution in [-0.2, 0) is 25.0 Å². The van der Waals surface area contributed by atoms with E-state index in [0.717, 1.165) is 16.7 Å². The topological polar surface area (TPSA) is 51.2 Å². The molecule has 0 saturated carbocycles. The van der Waals surface area contributed by atoms with Gasteiger partial charge < -0.3 is 0 Å². The molecule has 0 N–H and O–H groups in total. The number of rotatable bonds is 12. The van der Waals surface area contributed by atoms with Crippen LogP contribution in [-0.4, -0.2) is 17.7 Å². The van der Waals surface area contributed by atoms with Gasteiger partial charge in [-0.25, -0.2) is 0 Å². The Hall–Kier alpha value is -2.90. The van der Waals surface area contributed by atoms with Crippen LogP contribution in [0.15, 0.2) is 91.0 Å². The van der Waals surface area contributed by atoms with Gasteiger partial charge >= 0.3 is 0 Å². The van der Waals surface area contributed by atoms with E-state index in [2.05, 4.69) is 0 Å². The van der Waals surface area contributed by atoms with Gasteiger partial charge in [0.15, 0.2) is 20.0 Å². The van der Waals surface area contributed by atoms with Crippen LogP contribution < -0.4 is 0 Å². The molecule has 3 aromatic rings. The van der Waals surface area contributed by atoms with E-state index in [0.29, 0.717) is 12.8 Å². The average Bonchev–Trinajstić information content (AvgIpc) is 2.93. The summed E-state index contributed by atoms with van der Waals surface area (Å²) < 4.78 is 12.0. The molecule has 35 heavy (non-hydrogen) atoms. The van der Waals surface area contributed by atoms with Crippen LogP contribution in [0.1, 0.15) is 63.1 Å². The Morgan fingerprint density at radius 2 is 1.06 bits per heavy atom. The maximum absolute atomic E-state index is 14.6. The lowest BCUT2D eigenvalue weighted by Crippen LogP contribution is -2.49. The van der Waals surface area contributed by atoms with Gasteiger partial charge in [-0.3, -0.25) is 14.2 Å². The molecule has 0 amide bonds. The fourth-order valence-electron chi connectivity index (χ4n) is 5.01. The monoisotopic (exact) mass is 486 g/mol. The van der Waals surface area contributed by atoms with Crippen LogP contribution in [0.4, 0.5) is 0 Å². The Balaban J connectivity index is 2.23. The molecule has 0 bridgehead atoms. The van der Waals surface area contributed by atoms with Crippen molar-refractivity contribution in [3.05, 3.63) is 108 Å². The fourth-order valence-corrected chi connectivity index (χ4v) is 5.59. The molecule has 0 aliphatic rings. The van der Waals surface area contributed by atoms with Crippen molar-refractivity contribution in [3.8, 4) is 0 Å². The van der Waals surface area contributed by atoms with Crippen molar-refractivity contribution in [1.82, 2.24) is 0 Å². The van der Waals surface area contributed by atoms with Crippen molar-refractivity contribution in [2.75, 3.05) is 6.16 Å². The molecule has 4 heteroatoms. The highest BCUT2D eigenvalue weighted by Crippen LogP contribution is 2.43. The first-order chi connectivity index (χ1) is 16.8. The third-order valence-electron chi connectivity index (χ3n) is 7.79. The van der Waals surface area contributed by atoms with Gasteiger partial charge in [0.2, 0.25) is 0 Å². The first-order valence-corrected chi connectivity index (χ1v) is 13.4. The van der Waals surface area contributed by atoms with Crippen molar-refractivity contribution >= 4 is 20.0 Å². The molecule has 0 spiro atoms. The Morgan fingerprint density at radius 1 is 0.686 bits per heavy atom. The molecule has 0 aliphatic carbocycles. The molecule has 182 valence electrons. The summed E-state index contributed by atoms with van der Waals surface area (Å²) >= 11 is 0. The van der Waals surface area contributed by atoms with Gasteiger partial charge in [-0.15, -0.1) is 0 Å². The van der Waals surface area contributed by atoms with Crippen LogP contribution in [0.3, 0.4) is 0 Å². The molecule has 0 heterocycles. The first kappa shape index (κ1) is 26.7. The molecule has 3 rings (SSSR count). The van der Waals surface area contributed by atoms with Gasteiger partial charge in [-0.1, -0.05) is 105 Å². The van der Waals surface area contributed by atoms with Crippen molar-refractivity contribution in [2.45, 2.75) is 57.3 Å². The molecule has 0 saturated heterocycles. The molecule has 3 nitrogen and oxygen atoms in total. The van der Waals surface area contributed by atoms with Gasteiger partial charge in [0.25, 0.3) is 0 Å². The zero-order valence-corrected chi connectivity index (χ0v) is 22.0. The van der Waals surface area contributed by atoms with Gasteiger partial charge in [0, 0.05) is 12.1 Å². The van der Waals surface area contributed by atoms with E-state index in [1.54, 1.807) is 0 Å². The Bertz CT molecular complexity index is 1060. The molecular formula is C31H35O3P. The summed E-state index contributed by atoms with van der Waals surface area (Å²) in [6.07, 6.45) is 1.32. The Kier molecular flexibility index (Phi) is 8.92. The van der Waals surface area contributed by atoms with E-state index in [-0.39, 0.29) is 26.2 Å². The first-order valence-electron chi connectivity index (χ1n) is 12.4. The number of Topliss-reactive ketones (excluding diaryl/α,β-unsaturated/α-hetero) is 2. The second-order valence-electron chi connectivity index (χ2n) is 9.64. The number of benzene rings is 3. The minimum absolute atomic E-state index is 0.0850. The number of carbonyl (C=O) groups excluding carboxylic acids is 2. The largest absolute Gasteiger partial charge is 0.298 e. The molecule has 3 unspecified atom stereocenters. The van der Waals surface area contributed by atoms with Crippen molar-refractivity contribution in [1.29, 1.82) is 0 Å². The quantitative estimate of drug-likeness (QED) is 0.196. The highest BCUT2D eigenvalue weighted by molar-refractivity contribution is 7.23. The summed E-state index contributed by atoms with van der Waals surface area (Å²) in [5.41, 5.74) is 0.962. The van der Waals surface area contributed by atoms with Crippen LogP contribution in [0.25, 0.3) is 0 Å². The summed E-state index contributed by atoms with van der Waals surface area (Å²) in [6, 6.07) is 29.0. The zero-order valence-electron chi connectivity index (χ0n) is 21.1. The lowest BCUT2D eigenvalue weighted by atomic mass is 9.62. The van der Waals surface area contributed by atoms with Gasteiger partial charge in [0.05, 0.1) is 16.7 Å². The van der Waals surface area contributed by atoms with Crippen LogP contribution >= 0.6 is 8.46 Å². The third-order valence-corrected chi connectivity index (χ3v) is 8.33. The average molecular weight is 487 g/mol. The predicted molar refractivity (Wildman–Crippen MR) is 143 cm³/mol. The van der Waals surface area contributed by atoms with Crippen molar-refractivity contribution in [3.63, 3.8) is 0 Å². The van der Waals surface area contributed by atoms with Crippen LogP contribution in [0, 0.1) is 5.92 Å². The van der Waals surface area contributed by atoms with Gasteiger partial charge in [-0.2, -0.15) is 0 Å². The molecule has 3 aromatic carbocycles. The maximum Gasteiger partial charge on any atom is 0.155 e. The van der Waals surface area contributed by atoms with E-state index in [1.807, 2.05) is 119 Å². The summed E-state index contributed by atoms with van der Waals surface area (Å²) in [5.74, 6) is -1.64. The summed E-state index contributed by atoms with van der Waals surface area (Å²) in [4.78, 5) is 29.2. The van der Waals surface area contributed by atoms with E-state index in [4.69, 9.17) is 0 Å². The second kappa shape index (κ2) is 11.7. The van der Waals surface area contributed by atoms with Crippen molar-refractivity contribution < 1.29 is 14.2 Å². The normalized spacial score (nSPS) is 16.6. The SMILES string of the molecule is CCC(C)(C(=O)C(C(=O)C(C)(CC)c1ccccc1)C(CP=O)c1ccccc1)c1ccccc1. The van der Waals surface area contributed by atoms with Gasteiger partial charge in [-0.05, 0) is 43.4 Å². The predicted octanol–water partition coefficient (Wildman–Crippen LogP) is 7.55. The third kappa shape index (κ3) is 5.36. The number of carbonyl (C=O) groups is 2. The zero-order chi connectivity index (χ0) is 25.5. The van der Waals surface area contributed by atoms with E-state index >= 15 is 0 Å². The van der Waals surface area contributed by atoms with E-state index in [1.165, 1.54) is 0 Å². The van der Waals surface area contributed by atoms with Crippen molar-refractivity contribution in [2.24, 2.45) is 5.92 Å². The smallest absolute Gasteiger partial charge is 0.155 e.